The molecule has 0 unspecified atom stereocenters. The maximum Gasteiger partial charge on any atom is 0.251 e. The zero-order valence-corrected chi connectivity index (χ0v) is 22.2. The molecular formula is C27H31N3O8. The first-order chi connectivity index (χ1) is 18.4. The lowest BCUT2D eigenvalue weighted by atomic mass is 10.1. The molecule has 0 saturated carbocycles. The van der Waals surface area contributed by atoms with E-state index in [2.05, 4.69) is 15.6 Å². The summed E-state index contributed by atoms with van der Waals surface area (Å²) >= 11 is 0. The molecule has 0 aliphatic rings. The van der Waals surface area contributed by atoms with Gasteiger partial charge < -0.3 is 39.1 Å². The quantitative estimate of drug-likeness (QED) is 0.367. The normalized spacial score (nSPS) is 10.3. The largest absolute Gasteiger partial charge is 0.493 e. The summed E-state index contributed by atoms with van der Waals surface area (Å²) in [5.74, 6) is 1.61. The van der Waals surface area contributed by atoms with Crippen molar-refractivity contribution in [2.75, 3.05) is 42.7 Å². The zero-order valence-electron chi connectivity index (χ0n) is 22.2. The van der Waals surface area contributed by atoms with Crippen molar-refractivity contribution in [1.29, 1.82) is 0 Å². The van der Waals surface area contributed by atoms with E-state index in [-0.39, 0.29) is 24.9 Å². The number of hydrogen-bond acceptors (Lipinski definition) is 9. The summed E-state index contributed by atoms with van der Waals surface area (Å²) in [4.78, 5) is 30.1. The lowest BCUT2D eigenvalue weighted by Gasteiger charge is -2.14. The van der Waals surface area contributed by atoms with Crippen molar-refractivity contribution in [2.24, 2.45) is 0 Å². The monoisotopic (exact) mass is 525 g/mol. The third kappa shape index (κ3) is 6.36. The van der Waals surface area contributed by atoms with Crippen LogP contribution in [0.2, 0.25) is 0 Å². The molecule has 1 heterocycles. The fraction of sp³-hybridized carbons (Fsp3) is 0.296. The average Bonchev–Trinajstić information content (AvgIpc) is 2.96. The molecule has 0 spiro atoms. The van der Waals surface area contributed by atoms with Crippen LogP contribution in [0, 0.1) is 0 Å². The van der Waals surface area contributed by atoms with Crippen molar-refractivity contribution in [3.8, 4) is 34.5 Å². The van der Waals surface area contributed by atoms with Gasteiger partial charge in [0.1, 0.15) is 0 Å². The third-order valence-corrected chi connectivity index (χ3v) is 5.58. The number of nitrogens with one attached hydrogen (secondary N) is 2. The third-order valence-electron chi connectivity index (χ3n) is 5.58. The molecular weight excluding hydrogens is 494 g/mol. The number of aromatic nitrogens is 1. The molecule has 2 N–H and O–H groups in total. The van der Waals surface area contributed by atoms with Crippen molar-refractivity contribution in [2.45, 2.75) is 13.1 Å². The molecule has 11 heteroatoms. The number of amides is 2. The number of ether oxygens (including phenoxy) is 6. The lowest BCUT2D eigenvalue weighted by Crippen LogP contribution is -2.25. The van der Waals surface area contributed by atoms with Crippen LogP contribution in [0.4, 0.5) is 0 Å². The number of rotatable bonds is 12. The SMILES string of the molecule is COc1cc(C(=O)NCc2cccc(CNC(=O)c3cc(OC)c(OC)c(OC)c3)n2)cc(OC)c1OC. The van der Waals surface area contributed by atoms with Gasteiger partial charge in [-0.1, -0.05) is 6.07 Å². The van der Waals surface area contributed by atoms with Crippen LogP contribution in [-0.2, 0) is 13.1 Å². The Labute approximate surface area is 221 Å². The zero-order chi connectivity index (χ0) is 27.7. The van der Waals surface area contributed by atoms with Gasteiger partial charge in [0.2, 0.25) is 11.5 Å². The van der Waals surface area contributed by atoms with E-state index in [1.807, 2.05) is 0 Å². The van der Waals surface area contributed by atoms with Gasteiger partial charge in [-0.2, -0.15) is 0 Å². The van der Waals surface area contributed by atoms with E-state index in [1.54, 1.807) is 42.5 Å². The number of hydrogen-bond donors (Lipinski definition) is 2. The summed E-state index contributed by atoms with van der Waals surface area (Å²) in [7, 11) is 8.91. The van der Waals surface area contributed by atoms with Gasteiger partial charge in [-0.05, 0) is 36.4 Å². The molecule has 202 valence electrons. The Morgan fingerprint density at radius 2 is 0.947 bits per heavy atom. The predicted octanol–water partition coefficient (Wildman–Crippen LogP) is 2.99. The van der Waals surface area contributed by atoms with Crippen molar-refractivity contribution >= 4 is 11.8 Å². The van der Waals surface area contributed by atoms with Crippen LogP contribution in [0.3, 0.4) is 0 Å². The van der Waals surface area contributed by atoms with Crippen LogP contribution in [-0.4, -0.2) is 59.5 Å². The molecule has 3 rings (SSSR count). The smallest absolute Gasteiger partial charge is 0.251 e. The van der Waals surface area contributed by atoms with E-state index in [0.29, 0.717) is 57.0 Å². The molecule has 2 amide bonds. The van der Waals surface area contributed by atoms with E-state index in [1.165, 1.54) is 42.7 Å². The molecule has 0 bridgehead atoms. The first-order valence-electron chi connectivity index (χ1n) is 11.5. The van der Waals surface area contributed by atoms with Gasteiger partial charge in [0.15, 0.2) is 23.0 Å². The van der Waals surface area contributed by atoms with Gasteiger partial charge in [-0.15, -0.1) is 0 Å². The Hall–Kier alpha value is -4.67. The van der Waals surface area contributed by atoms with E-state index in [0.717, 1.165) is 0 Å². The lowest BCUT2D eigenvalue weighted by molar-refractivity contribution is 0.0943. The van der Waals surface area contributed by atoms with Gasteiger partial charge in [0.05, 0.1) is 67.1 Å². The van der Waals surface area contributed by atoms with Crippen LogP contribution in [0.15, 0.2) is 42.5 Å². The molecule has 3 aromatic rings. The minimum atomic E-state index is -0.341. The van der Waals surface area contributed by atoms with Gasteiger partial charge in [0, 0.05) is 11.1 Å². The predicted molar refractivity (Wildman–Crippen MR) is 139 cm³/mol. The molecule has 11 nitrogen and oxygen atoms in total. The fourth-order valence-electron chi connectivity index (χ4n) is 3.70. The van der Waals surface area contributed by atoms with Gasteiger partial charge in [-0.3, -0.25) is 14.6 Å². The summed E-state index contributed by atoms with van der Waals surface area (Å²) < 4.78 is 31.8. The number of nitrogens with zero attached hydrogens (tertiary/aromatic N) is 1. The first kappa shape index (κ1) is 27.9. The van der Waals surface area contributed by atoms with Crippen LogP contribution < -0.4 is 39.1 Å². The van der Waals surface area contributed by atoms with Crippen LogP contribution in [0.5, 0.6) is 34.5 Å². The second-order valence-electron chi connectivity index (χ2n) is 7.81. The number of methoxy groups -OCH3 is 6. The molecule has 0 atom stereocenters. The van der Waals surface area contributed by atoms with E-state index in [9.17, 15) is 9.59 Å². The van der Waals surface area contributed by atoms with Gasteiger partial charge in [0.25, 0.3) is 11.8 Å². The maximum absolute atomic E-state index is 12.8. The molecule has 1 aromatic heterocycles. The highest BCUT2D eigenvalue weighted by molar-refractivity contribution is 5.96. The average molecular weight is 526 g/mol. The Morgan fingerprint density at radius 3 is 1.24 bits per heavy atom. The summed E-state index contributed by atoms with van der Waals surface area (Å²) in [5.41, 5.74) is 1.91. The van der Waals surface area contributed by atoms with Crippen LogP contribution in [0.1, 0.15) is 32.1 Å². The number of benzene rings is 2. The summed E-state index contributed by atoms with van der Waals surface area (Å²) in [5, 5.41) is 5.66. The van der Waals surface area contributed by atoms with Crippen molar-refractivity contribution in [1.82, 2.24) is 15.6 Å². The van der Waals surface area contributed by atoms with E-state index in [4.69, 9.17) is 28.4 Å². The number of carbonyl (C=O) groups excluding carboxylic acids is 2. The molecule has 0 aliphatic carbocycles. The highest BCUT2D eigenvalue weighted by Gasteiger charge is 2.18. The van der Waals surface area contributed by atoms with Crippen LogP contribution in [0.25, 0.3) is 0 Å². The molecule has 0 saturated heterocycles. The first-order valence-corrected chi connectivity index (χ1v) is 11.5. The Morgan fingerprint density at radius 1 is 0.605 bits per heavy atom. The number of pyridine rings is 1. The van der Waals surface area contributed by atoms with Crippen molar-refractivity contribution in [3.05, 3.63) is 65.0 Å². The second-order valence-corrected chi connectivity index (χ2v) is 7.81. The Kier molecular flexibility index (Phi) is 9.58. The maximum atomic E-state index is 12.8. The van der Waals surface area contributed by atoms with Crippen molar-refractivity contribution in [3.63, 3.8) is 0 Å². The Balaban J connectivity index is 1.66. The summed E-state index contributed by atoms with van der Waals surface area (Å²) in [6.07, 6.45) is 0. The summed E-state index contributed by atoms with van der Waals surface area (Å²) in [6, 6.07) is 11.6. The second kappa shape index (κ2) is 13.0. The molecule has 0 aliphatic heterocycles. The highest BCUT2D eigenvalue weighted by Crippen LogP contribution is 2.39. The number of carbonyl (C=O) groups is 2. The van der Waals surface area contributed by atoms with Gasteiger partial charge in [-0.25, -0.2) is 0 Å². The molecule has 2 aromatic carbocycles. The van der Waals surface area contributed by atoms with E-state index >= 15 is 0 Å². The molecule has 0 radical (unpaired) electrons. The van der Waals surface area contributed by atoms with Crippen LogP contribution >= 0.6 is 0 Å². The molecule has 0 fully saturated rings. The van der Waals surface area contributed by atoms with Crippen molar-refractivity contribution < 1.29 is 38.0 Å². The summed E-state index contributed by atoms with van der Waals surface area (Å²) in [6.45, 7) is 0.342. The minimum absolute atomic E-state index is 0.171. The topological polar surface area (TPSA) is 126 Å². The minimum Gasteiger partial charge on any atom is -0.493 e. The Bertz CT molecular complexity index is 1150. The highest BCUT2D eigenvalue weighted by atomic mass is 16.5. The molecule has 38 heavy (non-hydrogen) atoms. The van der Waals surface area contributed by atoms with Gasteiger partial charge >= 0.3 is 0 Å². The van der Waals surface area contributed by atoms with E-state index < -0.39 is 0 Å². The standard InChI is InChI=1S/C27H31N3O8/c1-33-20-10-16(11-21(34-2)24(20)37-5)26(31)28-14-18-8-7-9-19(30-18)15-29-27(32)17-12-22(35-3)25(38-6)23(13-17)36-4/h7-13H,14-15H2,1-6H3,(H,28,31)(H,29,32). The fourth-order valence-corrected chi connectivity index (χ4v) is 3.70.